The number of hydrogen-bond acceptors (Lipinski definition) is 2. The molecule has 70 valence electrons. The van der Waals surface area contributed by atoms with Gasteiger partial charge >= 0.3 is 0 Å². The summed E-state index contributed by atoms with van der Waals surface area (Å²) >= 11 is 0. The van der Waals surface area contributed by atoms with Crippen molar-refractivity contribution in [2.24, 2.45) is 11.7 Å². The summed E-state index contributed by atoms with van der Waals surface area (Å²) in [6.07, 6.45) is 7.69. The third-order valence-electron chi connectivity index (χ3n) is 3.43. The first-order chi connectivity index (χ1) is 5.85. The Bertz CT molecular complexity index is 152. The van der Waals surface area contributed by atoms with E-state index in [2.05, 4.69) is 0 Å². The van der Waals surface area contributed by atoms with E-state index < -0.39 is 0 Å². The SMILES string of the molecule is NCCC1CCOC2(CCC2)C1. The molecular formula is C10H19NO. The fourth-order valence-corrected chi connectivity index (χ4v) is 2.53. The van der Waals surface area contributed by atoms with Crippen molar-refractivity contribution in [3.63, 3.8) is 0 Å². The third-order valence-corrected chi connectivity index (χ3v) is 3.43. The molecule has 0 aromatic carbocycles. The average Bonchev–Trinajstić information content (AvgIpc) is 2.03. The smallest absolute Gasteiger partial charge is 0.0685 e. The second kappa shape index (κ2) is 3.35. The fraction of sp³-hybridized carbons (Fsp3) is 1.00. The highest BCUT2D eigenvalue weighted by Gasteiger charge is 2.41. The van der Waals surface area contributed by atoms with E-state index in [0.29, 0.717) is 5.60 Å². The molecule has 1 atom stereocenters. The highest BCUT2D eigenvalue weighted by atomic mass is 16.5. The van der Waals surface area contributed by atoms with Crippen molar-refractivity contribution in [3.05, 3.63) is 0 Å². The number of ether oxygens (including phenoxy) is 1. The van der Waals surface area contributed by atoms with Gasteiger partial charge in [0.05, 0.1) is 5.60 Å². The van der Waals surface area contributed by atoms with Gasteiger partial charge in [0.1, 0.15) is 0 Å². The van der Waals surface area contributed by atoms with E-state index in [1.807, 2.05) is 0 Å². The van der Waals surface area contributed by atoms with Gasteiger partial charge < -0.3 is 10.5 Å². The van der Waals surface area contributed by atoms with Crippen LogP contribution in [0.1, 0.15) is 38.5 Å². The molecule has 2 heteroatoms. The molecule has 1 saturated carbocycles. The van der Waals surface area contributed by atoms with Gasteiger partial charge in [-0.15, -0.1) is 0 Å². The van der Waals surface area contributed by atoms with E-state index in [9.17, 15) is 0 Å². The van der Waals surface area contributed by atoms with Crippen LogP contribution in [-0.2, 0) is 4.74 Å². The largest absolute Gasteiger partial charge is 0.375 e. The van der Waals surface area contributed by atoms with Crippen LogP contribution in [0.2, 0.25) is 0 Å². The van der Waals surface area contributed by atoms with E-state index in [-0.39, 0.29) is 0 Å². The third kappa shape index (κ3) is 1.50. The van der Waals surface area contributed by atoms with Crippen LogP contribution in [0.25, 0.3) is 0 Å². The van der Waals surface area contributed by atoms with Gasteiger partial charge in [0.15, 0.2) is 0 Å². The lowest BCUT2D eigenvalue weighted by Crippen LogP contribution is -2.45. The molecule has 1 saturated heterocycles. The van der Waals surface area contributed by atoms with Crippen LogP contribution in [0.5, 0.6) is 0 Å². The Morgan fingerprint density at radius 1 is 1.42 bits per heavy atom. The summed E-state index contributed by atoms with van der Waals surface area (Å²) in [5.41, 5.74) is 5.88. The summed E-state index contributed by atoms with van der Waals surface area (Å²) < 4.78 is 5.84. The molecular weight excluding hydrogens is 150 g/mol. The molecule has 0 bridgehead atoms. The number of hydrogen-bond donors (Lipinski definition) is 1. The second-order valence-corrected chi connectivity index (χ2v) is 4.32. The monoisotopic (exact) mass is 169 g/mol. The fourth-order valence-electron chi connectivity index (χ4n) is 2.53. The molecule has 1 unspecified atom stereocenters. The van der Waals surface area contributed by atoms with Gasteiger partial charge in [-0.1, -0.05) is 0 Å². The quantitative estimate of drug-likeness (QED) is 0.682. The maximum absolute atomic E-state index is 5.84. The summed E-state index contributed by atoms with van der Waals surface area (Å²) in [6, 6.07) is 0. The average molecular weight is 169 g/mol. The molecule has 0 aromatic heterocycles. The molecule has 2 aliphatic rings. The zero-order valence-corrected chi connectivity index (χ0v) is 7.72. The Morgan fingerprint density at radius 2 is 2.25 bits per heavy atom. The first kappa shape index (κ1) is 8.52. The van der Waals surface area contributed by atoms with E-state index >= 15 is 0 Å². The van der Waals surface area contributed by atoms with E-state index in [0.717, 1.165) is 19.1 Å². The Balaban J connectivity index is 1.85. The van der Waals surface area contributed by atoms with Crippen molar-refractivity contribution < 1.29 is 4.74 Å². The summed E-state index contributed by atoms with van der Waals surface area (Å²) in [4.78, 5) is 0. The molecule has 0 radical (unpaired) electrons. The number of rotatable bonds is 2. The zero-order valence-electron chi connectivity index (χ0n) is 7.72. The Labute approximate surface area is 74.5 Å². The Kier molecular flexibility index (Phi) is 2.37. The van der Waals surface area contributed by atoms with Crippen LogP contribution >= 0.6 is 0 Å². The highest BCUT2D eigenvalue weighted by Crippen LogP contribution is 2.44. The normalized spacial score (nSPS) is 33.2. The Morgan fingerprint density at radius 3 is 2.83 bits per heavy atom. The van der Waals surface area contributed by atoms with Crippen LogP contribution in [0, 0.1) is 5.92 Å². The predicted octanol–water partition coefficient (Wildman–Crippen LogP) is 1.68. The lowest BCUT2D eigenvalue weighted by atomic mass is 9.71. The highest BCUT2D eigenvalue weighted by molar-refractivity contribution is 4.93. The molecule has 0 amide bonds. The lowest BCUT2D eigenvalue weighted by Gasteiger charge is -2.47. The summed E-state index contributed by atoms with van der Waals surface area (Å²) in [5, 5.41) is 0. The van der Waals surface area contributed by atoms with Crippen molar-refractivity contribution in [2.45, 2.75) is 44.1 Å². The minimum atomic E-state index is 0.318. The molecule has 1 aliphatic carbocycles. The van der Waals surface area contributed by atoms with Gasteiger partial charge in [0, 0.05) is 6.61 Å². The summed E-state index contributed by atoms with van der Waals surface area (Å²) in [7, 11) is 0. The first-order valence-electron chi connectivity index (χ1n) is 5.19. The Hall–Kier alpha value is -0.0800. The van der Waals surface area contributed by atoms with Gasteiger partial charge in [0.2, 0.25) is 0 Å². The molecule has 0 aromatic rings. The van der Waals surface area contributed by atoms with E-state index in [1.54, 1.807) is 0 Å². The number of nitrogens with two attached hydrogens (primary N) is 1. The van der Waals surface area contributed by atoms with Crippen LogP contribution in [-0.4, -0.2) is 18.8 Å². The van der Waals surface area contributed by atoms with Gasteiger partial charge in [0.25, 0.3) is 0 Å². The van der Waals surface area contributed by atoms with Gasteiger partial charge in [-0.2, -0.15) is 0 Å². The maximum Gasteiger partial charge on any atom is 0.0685 e. The van der Waals surface area contributed by atoms with Crippen LogP contribution < -0.4 is 5.73 Å². The van der Waals surface area contributed by atoms with Crippen LogP contribution in [0.15, 0.2) is 0 Å². The molecule has 1 spiro atoms. The van der Waals surface area contributed by atoms with Crippen LogP contribution in [0.4, 0.5) is 0 Å². The molecule has 1 heterocycles. The summed E-state index contributed by atoms with van der Waals surface area (Å²) in [5.74, 6) is 0.851. The standard InChI is InChI=1S/C10H19NO/c11-6-2-9-3-7-12-10(8-9)4-1-5-10/h9H,1-8,11H2. The topological polar surface area (TPSA) is 35.2 Å². The van der Waals surface area contributed by atoms with Gasteiger partial charge in [-0.3, -0.25) is 0 Å². The summed E-state index contributed by atoms with van der Waals surface area (Å²) in [6.45, 7) is 1.82. The van der Waals surface area contributed by atoms with Crippen molar-refractivity contribution >= 4 is 0 Å². The van der Waals surface area contributed by atoms with E-state index in [1.165, 1.54) is 38.5 Å². The predicted molar refractivity (Wildman–Crippen MR) is 48.9 cm³/mol. The maximum atomic E-state index is 5.84. The van der Waals surface area contributed by atoms with Crippen molar-refractivity contribution in [1.82, 2.24) is 0 Å². The minimum Gasteiger partial charge on any atom is -0.375 e. The second-order valence-electron chi connectivity index (χ2n) is 4.32. The van der Waals surface area contributed by atoms with Gasteiger partial charge in [-0.25, -0.2) is 0 Å². The first-order valence-corrected chi connectivity index (χ1v) is 5.19. The minimum absolute atomic E-state index is 0.318. The van der Waals surface area contributed by atoms with Crippen molar-refractivity contribution in [1.29, 1.82) is 0 Å². The van der Waals surface area contributed by atoms with Crippen molar-refractivity contribution in [2.75, 3.05) is 13.2 Å². The lowest BCUT2D eigenvalue weighted by molar-refractivity contribution is -0.143. The van der Waals surface area contributed by atoms with Crippen LogP contribution in [0.3, 0.4) is 0 Å². The van der Waals surface area contributed by atoms with Crippen molar-refractivity contribution in [3.8, 4) is 0 Å². The molecule has 2 nitrogen and oxygen atoms in total. The van der Waals surface area contributed by atoms with Gasteiger partial charge in [-0.05, 0) is 51.0 Å². The molecule has 1 aliphatic heterocycles. The molecule has 2 N–H and O–H groups in total. The van der Waals surface area contributed by atoms with E-state index in [4.69, 9.17) is 10.5 Å². The molecule has 2 fully saturated rings. The zero-order chi connectivity index (χ0) is 8.44. The molecule has 2 rings (SSSR count). The molecule has 12 heavy (non-hydrogen) atoms.